The molecule has 27 heavy (non-hydrogen) atoms. The molecule has 2 aromatic rings. The Kier molecular flexibility index (Phi) is 7.41. The van der Waals surface area contributed by atoms with Crippen LogP contribution in [-0.4, -0.2) is 40.8 Å². The molecular formula is C19H25N3O4S. The molecule has 1 heterocycles. The molecule has 0 aliphatic rings. The minimum Gasteiger partial charge on any atom is -0.465 e. The molecule has 0 radical (unpaired) electrons. The van der Waals surface area contributed by atoms with Gasteiger partial charge >= 0.3 is 5.97 Å². The third kappa shape index (κ3) is 5.32. The summed E-state index contributed by atoms with van der Waals surface area (Å²) in [5.74, 6) is -0.175. The molecule has 2 rings (SSSR count). The predicted octanol–water partition coefficient (Wildman–Crippen LogP) is 2.46. The molecule has 0 aliphatic carbocycles. The van der Waals surface area contributed by atoms with Gasteiger partial charge in [0.25, 0.3) is 5.56 Å². The lowest BCUT2D eigenvalue weighted by atomic mass is 10.1. The van der Waals surface area contributed by atoms with Crippen molar-refractivity contribution in [3.05, 3.63) is 34.1 Å². The zero-order chi connectivity index (χ0) is 20.0. The molecule has 0 saturated carbocycles. The van der Waals surface area contributed by atoms with E-state index in [1.165, 1.54) is 18.9 Å². The Morgan fingerprint density at radius 1 is 1.33 bits per heavy atom. The van der Waals surface area contributed by atoms with Crippen LogP contribution in [0.4, 0.5) is 0 Å². The van der Waals surface area contributed by atoms with Gasteiger partial charge in [0.1, 0.15) is 0 Å². The van der Waals surface area contributed by atoms with Crippen molar-refractivity contribution in [1.82, 2.24) is 14.9 Å². The first-order valence-electron chi connectivity index (χ1n) is 8.89. The van der Waals surface area contributed by atoms with E-state index in [-0.39, 0.29) is 23.1 Å². The van der Waals surface area contributed by atoms with Crippen LogP contribution in [0.2, 0.25) is 0 Å². The highest BCUT2D eigenvalue weighted by Crippen LogP contribution is 2.20. The Morgan fingerprint density at radius 3 is 2.70 bits per heavy atom. The second-order valence-corrected chi connectivity index (χ2v) is 7.51. The van der Waals surface area contributed by atoms with Crippen molar-refractivity contribution in [2.45, 2.75) is 38.9 Å². The van der Waals surface area contributed by atoms with Crippen LogP contribution in [0.1, 0.15) is 37.6 Å². The number of nitrogens with zero attached hydrogens (tertiary/aromatic N) is 2. The van der Waals surface area contributed by atoms with Gasteiger partial charge in [-0.25, -0.2) is 9.78 Å². The maximum atomic E-state index is 12.9. The number of nitrogens with one attached hydrogen (secondary N) is 1. The number of methoxy groups -OCH3 is 1. The van der Waals surface area contributed by atoms with Gasteiger partial charge in [-0.3, -0.25) is 14.2 Å². The number of rotatable bonds is 8. The summed E-state index contributed by atoms with van der Waals surface area (Å²) in [6.45, 7) is 7.13. The monoisotopic (exact) mass is 391 g/mol. The summed E-state index contributed by atoms with van der Waals surface area (Å²) in [5.41, 5.74) is 0.566. The maximum absolute atomic E-state index is 12.9. The van der Waals surface area contributed by atoms with Crippen LogP contribution >= 0.6 is 11.8 Å². The number of ether oxygens (including phenoxy) is 1. The lowest BCUT2D eigenvalue weighted by Crippen LogP contribution is -2.28. The topological polar surface area (TPSA) is 90.3 Å². The fourth-order valence-electron chi connectivity index (χ4n) is 2.53. The lowest BCUT2D eigenvalue weighted by molar-refractivity contribution is -0.118. The molecule has 0 fully saturated rings. The van der Waals surface area contributed by atoms with Gasteiger partial charge in [-0.1, -0.05) is 32.5 Å². The predicted molar refractivity (Wildman–Crippen MR) is 106 cm³/mol. The summed E-state index contributed by atoms with van der Waals surface area (Å²) in [5, 5.41) is 3.71. The largest absolute Gasteiger partial charge is 0.465 e. The molecule has 146 valence electrons. The molecule has 1 aromatic heterocycles. The van der Waals surface area contributed by atoms with E-state index in [0.29, 0.717) is 34.7 Å². The number of thioether (sulfide) groups is 1. The van der Waals surface area contributed by atoms with Crippen LogP contribution in [0.5, 0.6) is 0 Å². The number of hydrogen-bond donors (Lipinski definition) is 1. The summed E-state index contributed by atoms with van der Waals surface area (Å²) in [6, 6.07) is 4.70. The van der Waals surface area contributed by atoms with Crippen LogP contribution in [-0.2, 0) is 16.1 Å². The Hall–Kier alpha value is -2.35. The lowest BCUT2D eigenvalue weighted by Gasteiger charge is -2.15. The second-order valence-electron chi connectivity index (χ2n) is 6.57. The quantitative estimate of drug-likeness (QED) is 0.422. The number of esters is 1. The Bertz CT molecular complexity index is 892. The van der Waals surface area contributed by atoms with Gasteiger partial charge in [-0.15, -0.1) is 0 Å². The maximum Gasteiger partial charge on any atom is 0.337 e. The Labute approximate surface area is 162 Å². The van der Waals surface area contributed by atoms with E-state index < -0.39 is 5.97 Å². The number of carbonyl (C=O) groups excluding carboxylic acids is 2. The molecule has 0 atom stereocenters. The normalized spacial score (nSPS) is 11.0. The molecule has 0 unspecified atom stereocenters. The van der Waals surface area contributed by atoms with Crippen LogP contribution in [0, 0.1) is 5.92 Å². The van der Waals surface area contributed by atoms with E-state index in [9.17, 15) is 14.4 Å². The van der Waals surface area contributed by atoms with Crippen LogP contribution < -0.4 is 10.9 Å². The summed E-state index contributed by atoms with van der Waals surface area (Å²) in [4.78, 5) is 41.2. The highest BCUT2D eigenvalue weighted by Gasteiger charge is 2.16. The van der Waals surface area contributed by atoms with E-state index in [0.717, 1.165) is 6.42 Å². The summed E-state index contributed by atoms with van der Waals surface area (Å²) >= 11 is 1.22. The summed E-state index contributed by atoms with van der Waals surface area (Å²) in [7, 11) is 1.30. The van der Waals surface area contributed by atoms with Crippen molar-refractivity contribution >= 4 is 34.5 Å². The van der Waals surface area contributed by atoms with Crippen molar-refractivity contribution < 1.29 is 14.3 Å². The van der Waals surface area contributed by atoms with E-state index >= 15 is 0 Å². The van der Waals surface area contributed by atoms with Gasteiger partial charge in [-0.05, 0) is 30.5 Å². The third-order valence-corrected chi connectivity index (χ3v) is 4.77. The highest BCUT2D eigenvalue weighted by atomic mass is 32.2. The molecule has 0 spiro atoms. The van der Waals surface area contributed by atoms with Crippen molar-refractivity contribution in [2.75, 3.05) is 19.4 Å². The third-order valence-electron chi connectivity index (χ3n) is 3.79. The van der Waals surface area contributed by atoms with Gasteiger partial charge in [-0.2, -0.15) is 0 Å². The fourth-order valence-corrected chi connectivity index (χ4v) is 3.37. The summed E-state index contributed by atoms with van der Waals surface area (Å²) in [6.07, 6.45) is 0.860. The molecule has 0 aliphatic heterocycles. The SMILES string of the molecule is CCCNC(=O)CSc1nc2cc(C(=O)OC)ccc2c(=O)n1CC(C)C. The molecule has 1 aromatic carbocycles. The van der Waals surface area contributed by atoms with Crippen LogP contribution in [0.15, 0.2) is 28.2 Å². The van der Waals surface area contributed by atoms with E-state index in [2.05, 4.69) is 10.3 Å². The average molecular weight is 391 g/mol. The first-order valence-corrected chi connectivity index (χ1v) is 9.88. The van der Waals surface area contributed by atoms with Crippen LogP contribution in [0.25, 0.3) is 10.9 Å². The minimum absolute atomic E-state index is 0.101. The molecule has 1 amide bonds. The number of hydrogen-bond acceptors (Lipinski definition) is 6. The zero-order valence-corrected chi connectivity index (χ0v) is 16.9. The first kappa shape index (κ1) is 21.0. The Morgan fingerprint density at radius 2 is 2.07 bits per heavy atom. The van der Waals surface area contributed by atoms with E-state index in [4.69, 9.17) is 4.74 Å². The summed E-state index contributed by atoms with van der Waals surface area (Å²) < 4.78 is 6.33. The number of amides is 1. The molecule has 8 heteroatoms. The molecule has 0 bridgehead atoms. The average Bonchev–Trinajstić information content (AvgIpc) is 2.65. The van der Waals surface area contributed by atoms with E-state index in [1.54, 1.807) is 22.8 Å². The number of aromatic nitrogens is 2. The fraction of sp³-hybridized carbons (Fsp3) is 0.474. The smallest absolute Gasteiger partial charge is 0.337 e. The number of benzene rings is 1. The van der Waals surface area contributed by atoms with Crippen molar-refractivity contribution in [3.8, 4) is 0 Å². The van der Waals surface area contributed by atoms with Gasteiger partial charge in [0.2, 0.25) is 5.91 Å². The van der Waals surface area contributed by atoms with Gasteiger partial charge < -0.3 is 10.1 Å². The first-order chi connectivity index (χ1) is 12.9. The van der Waals surface area contributed by atoms with Crippen LogP contribution in [0.3, 0.4) is 0 Å². The molecular weight excluding hydrogens is 366 g/mol. The Balaban J connectivity index is 2.45. The highest BCUT2D eigenvalue weighted by molar-refractivity contribution is 7.99. The zero-order valence-electron chi connectivity index (χ0n) is 16.1. The van der Waals surface area contributed by atoms with Crippen molar-refractivity contribution in [2.24, 2.45) is 5.92 Å². The van der Waals surface area contributed by atoms with Gasteiger partial charge in [0, 0.05) is 13.1 Å². The molecule has 0 saturated heterocycles. The number of carbonyl (C=O) groups is 2. The van der Waals surface area contributed by atoms with Crippen molar-refractivity contribution in [1.29, 1.82) is 0 Å². The minimum atomic E-state index is -0.488. The number of fused-ring (bicyclic) bond motifs is 1. The standard InChI is InChI=1S/C19H25N3O4S/c1-5-8-20-16(23)11-27-19-21-15-9-13(18(25)26-4)6-7-14(15)17(24)22(19)10-12(2)3/h6-7,9,12H,5,8,10-11H2,1-4H3,(H,20,23). The second kappa shape index (κ2) is 9.55. The van der Waals surface area contributed by atoms with Gasteiger partial charge in [0.05, 0.1) is 29.3 Å². The van der Waals surface area contributed by atoms with Gasteiger partial charge in [0.15, 0.2) is 5.16 Å². The van der Waals surface area contributed by atoms with Crippen molar-refractivity contribution in [3.63, 3.8) is 0 Å². The van der Waals surface area contributed by atoms with E-state index in [1.807, 2.05) is 20.8 Å². The molecule has 7 nitrogen and oxygen atoms in total. The molecule has 1 N–H and O–H groups in total.